The van der Waals surface area contributed by atoms with Gasteiger partial charge in [-0.3, -0.25) is 14.4 Å². The van der Waals surface area contributed by atoms with Crippen molar-refractivity contribution in [3.8, 4) is 0 Å². The second-order valence-electron chi connectivity index (χ2n) is 6.95. The molecule has 1 aromatic rings. The summed E-state index contributed by atoms with van der Waals surface area (Å²) in [7, 11) is 0. The van der Waals surface area contributed by atoms with E-state index in [1.54, 1.807) is 4.90 Å². The topological polar surface area (TPSA) is 107 Å². The molecule has 0 aromatic heterocycles. The minimum absolute atomic E-state index is 0.0390. The normalized spacial score (nSPS) is 17.3. The lowest BCUT2D eigenvalue weighted by Gasteiger charge is -2.29. The number of benzene rings is 1. The molecule has 1 saturated heterocycles. The van der Waals surface area contributed by atoms with Crippen molar-refractivity contribution in [3.05, 3.63) is 29.8 Å². The Labute approximate surface area is 164 Å². The van der Waals surface area contributed by atoms with Gasteiger partial charge in [-0.1, -0.05) is 19.1 Å². The minimum atomic E-state index is -1.13. The molecule has 8 nitrogen and oxygen atoms in total. The van der Waals surface area contributed by atoms with Crippen LogP contribution in [0.4, 0.5) is 5.69 Å². The van der Waals surface area contributed by atoms with E-state index in [1.807, 2.05) is 31.2 Å². The molecular weight excluding hydrogens is 362 g/mol. The van der Waals surface area contributed by atoms with Gasteiger partial charge in [0, 0.05) is 38.7 Å². The molecule has 8 heteroatoms. The van der Waals surface area contributed by atoms with Gasteiger partial charge in [0.1, 0.15) is 6.04 Å². The zero-order valence-electron chi connectivity index (χ0n) is 16.5. The smallest absolute Gasteiger partial charge is 0.326 e. The van der Waals surface area contributed by atoms with Crippen LogP contribution >= 0.6 is 0 Å². The average molecular weight is 389 g/mol. The van der Waals surface area contributed by atoms with Crippen LogP contribution in [-0.2, 0) is 25.6 Å². The number of carbonyl (C=O) groups excluding carboxylic acids is 3. The molecule has 2 rings (SSSR count). The van der Waals surface area contributed by atoms with Crippen LogP contribution in [0.3, 0.4) is 0 Å². The number of aliphatic carboxylic acids is 1. The van der Waals surface area contributed by atoms with Gasteiger partial charge >= 0.3 is 5.97 Å². The van der Waals surface area contributed by atoms with E-state index < -0.39 is 17.9 Å². The van der Waals surface area contributed by atoms with Gasteiger partial charge in [0.15, 0.2) is 0 Å². The highest BCUT2D eigenvalue weighted by Gasteiger charge is 2.39. The number of anilines is 1. The first kappa shape index (κ1) is 21.4. The Bertz CT molecular complexity index is 747. The Balaban J connectivity index is 2.11. The third-order valence-corrected chi connectivity index (χ3v) is 4.97. The molecule has 1 aliphatic heterocycles. The number of hydrogen-bond donors (Lipinski definition) is 2. The monoisotopic (exact) mass is 389 g/mol. The number of rotatable bonds is 8. The zero-order valence-corrected chi connectivity index (χ0v) is 16.5. The number of nitrogens with zero attached hydrogens (tertiary/aromatic N) is 2. The molecule has 0 bridgehead atoms. The molecule has 0 radical (unpaired) electrons. The Hall–Kier alpha value is -2.90. The summed E-state index contributed by atoms with van der Waals surface area (Å²) < 4.78 is 0. The van der Waals surface area contributed by atoms with E-state index in [0.29, 0.717) is 0 Å². The lowest BCUT2D eigenvalue weighted by Crippen LogP contribution is -2.49. The molecular formula is C20H27N3O5. The van der Waals surface area contributed by atoms with E-state index in [-0.39, 0.29) is 43.8 Å². The lowest BCUT2D eigenvalue weighted by molar-refractivity contribution is -0.151. The zero-order chi connectivity index (χ0) is 20.8. The maximum Gasteiger partial charge on any atom is 0.326 e. The van der Waals surface area contributed by atoms with Crippen LogP contribution < -0.4 is 10.2 Å². The van der Waals surface area contributed by atoms with Gasteiger partial charge in [0.2, 0.25) is 17.7 Å². The lowest BCUT2D eigenvalue weighted by atomic mass is 10.1. The number of amides is 3. The van der Waals surface area contributed by atoms with E-state index in [1.165, 1.54) is 18.7 Å². The van der Waals surface area contributed by atoms with Crippen molar-refractivity contribution in [2.45, 2.75) is 39.7 Å². The van der Waals surface area contributed by atoms with Crippen molar-refractivity contribution in [1.29, 1.82) is 0 Å². The van der Waals surface area contributed by atoms with Crippen molar-refractivity contribution in [2.24, 2.45) is 5.92 Å². The van der Waals surface area contributed by atoms with E-state index in [9.17, 15) is 24.3 Å². The molecule has 1 aliphatic rings. The predicted octanol–water partition coefficient (Wildman–Crippen LogP) is 1.04. The first-order valence-corrected chi connectivity index (χ1v) is 9.41. The van der Waals surface area contributed by atoms with Crippen molar-refractivity contribution in [3.63, 3.8) is 0 Å². The molecule has 0 spiro atoms. The highest BCUT2D eigenvalue weighted by atomic mass is 16.4. The number of hydrogen-bond acceptors (Lipinski definition) is 4. The van der Waals surface area contributed by atoms with Gasteiger partial charge in [-0.25, -0.2) is 4.79 Å². The van der Waals surface area contributed by atoms with Gasteiger partial charge in [-0.15, -0.1) is 0 Å². The standard InChI is InChI=1S/C20H27N3O5/c1-4-15-5-7-17(8-6-15)23-12-16(11-18(23)25)19(26)22(13(2)20(27)28)10-9-21-14(3)24/h5-8,13,16H,4,9-12H2,1-3H3,(H,21,24)(H,27,28). The Kier molecular flexibility index (Phi) is 7.14. The average Bonchev–Trinajstić information content (AvgIpc) is 3.05. The second kappa shape index (κ2) is 9.34. The third-order valence-electron chi connectivity index (χ3n) is 4.97. The Morgan fingerprint density at radius 1 is 1.29 bits per heavy atom. The largest absolute Gasteiger partial charge is 0.480 e. The van der Waals surface area contributed by atoms with Crippen molar-refractivity contribution >= 4 is 29.4 Å². The minimum Gasteiger partial charge on any atom is -0.480 e. The first-order chi connectivity index (χ1) is 13.2. The van der Waals surface area contributed by atoms with Gasteiger partial charge < -0.3 is 20.2 Å². The molecule has 1 aromatic carbocycles. The number of aryl methyl sites for hydroxylation is 1. The van der Waals surface area contributed by atoms with Crippen LogP contribution in [-0.4, -0.2) is 59.4 Å². The van der Waals surface area contributed by atoms with Crippen molar-refractivity contribution < 1.29 is 24.3 Å². The predicted molar refractivity (Wildman–Crippen MR) is 104 cm³/mol. The maximum atomic E-state index is 13.0. The second-order valence-corrected chi connectivity index (χ2v) is 6.95. The van der Waals surface area contributed by atoms with Crippen LogP contribution in [0.15, 0.2) is 24.3 Å². The Morgan fingerprint density at radius 3 is 2.46 bits per heavy atom. The molecule has 1 fully saturated rings. The van der Waals surface area contributed by atoms with Crippen molar-refractivity contribution in [1.82, 2.24) is 10.2 Å². The fraction of sp³-hybridized carbons (Fsp3) is 0.500. The summed E-state index contributed by atoms with van der Waals surface area (Å²) in [6.45, 7) is 5.26. The summed E-state index contributed by atoms with van der Waals surface area (Å²) in [6.07, 6.45) is 0.934. The number of carboxylic acids is 1. The molecule has 2 atom stereocenters. The number of nitrogens with one attached hydrogen (secondary N) is 1. The third kappa shape index (κ3) is 5.09. The number of carboxylic acid groups (broad SMARTS) is 1. The van der Waals surface area contributed by atoms with Crippen LogP contribution in [0.2, 0.25) is 0 Å². The highest BCUT2D eigenvalue weighted by Crippen LogP contribution is 2.27. The van der Waals surface area contributed by atoms with Gasteiger partial charge in [0.25, 0.3) is 0 Å². The fourth-order valence-electron chi connectivity index (χ4n) is 3.25. The van der Waals surface area contributed by atoms with Gasteiger partial charge in [0.05, 0.1) is 5.92 Å². The quantitative estimate of drug-likeness (QED) is 0.691. The summed E-state index contributed by atoms with van der Waals surface area (Å²) >= 11 is 0. The summed E-state index contributed by atoms with van der Waals surface area (Å²) in [4.78, 5) is 50.7. The summed E-state index contributed by atoms with van der Waals surface area (Å²) in [5.74, 6) is -2.55. The fourth-order valence-corrected chi connectivity index (χ4v) is 3.25. The van der Waals surface area contributed by atoms with E-state index in [4.69, 9.17) is 0 Å². The van der Waals surface area contributed by atoms with Gasteiger partial charge in [-0.2, -0.15) is 0 Å². The van der Waals surface area contributed by atoms with E-state index in [0.717, 1.165) is 17.7 Å². The molecule has 2 unspecified atom stereocenters. The van der Waals surface area contributed by atoms with Crippen LogP contribution in [0, 0.1) is 5.92 Å². The summed E-state index contributed by atoms with van der Waals surface area (Å²) in [5.41, 5.74) is 1.89. The van der Waals surface area contributed by atoms with E-state index >= 15 is 0 Å². The highest BCUT2D eigenvalue weighted by molar-refractivity contribution is 6.00. The molecule has 1 heterocycles. The Morgan fingerprint density at radius 2 is 1.93 bits per heavy atom. The van der Waals surface area contributed by atoms with Crippen LogP contribution in [0.25, 0.3) is 0 Å². The maximum absolute atomic E-state index is 13.0. The summed E-state index contributed by atoms with van der Waals surface area (Å²) in [5, 5.41) is 11.9. The van der Waals surface area contributed by atoms with Gasteiger partial charge in [-0.05, 0) is 31.0 Å². The SMILES string of the molecule is CCc1ccc(N2CC(C(=O)N(CCNC(C)=O)C(C)C(=O)O)CC2=O)cc1. The van der Waals surface area contributed by atoms with E-state index in [2.05, 4.69) is 5.32 Å². The molecule has 28 heavy (non-hydrogen) atoms. The van der Waals surface area contributed by atoms with Crippen LogP contribution in [0.1, 0.15) is 32.8 Å². The molecule has 152 valence electrons. The molecule has 3 amide bonds. The molecule has 0 saturated carbocycles. The first-order valence-electron chi connectivity index (χ1n) is 9.41. The number of carbonyl (C=O) groups is 4. The van der Waals surface area contributed by atoms with Crippen molar-refractivity contribution in [2.75, 3.05) is 24.5 Å². The summed E-state index contributed by atoms with van der Waals surface area (Å²) in [6, 6.07) is 6.57. The molecule has 2 N–H and O–H groups in total. The van der Waals surface area contributed by atoms with Crippen LogP contribution in [0.5, 0.6) is 0 Å². The molecule has 0 aliphatic carbocycles.